The quantitative estimate of drug-likeness (QED) is 0.304. The Kier molecular flexibility index (Phi) is 18.1. The van der Waals surface area contributed by atoms with E-state index in [9.17, 15) is 14.4 Å². The zero-order valence-electron chi connectivity index (χ0n) is 13.2. The van der Waals surface area contributed by atoms with E-state index in [-0.39, 0.29) is 68.4 Å². The first kappa shape index (κ1) is 23.5. The minimum absolute atomic E-state index is 0. The summed E-state index contributed by atoms with van der Waals surface area (Å²) in [6, 6.07) is -1.34. The average Bonchev–Trinajstić information content (AvgIpc) is 2.16. The molecule has 0 aliphatic rings. The number of carbonyl (C=O) groups excluding carboxylic acids is 1. The minimum Gasteiger partial charge on any atom is -1.00 e. The summed E-state index contributed by atoms with van der Waals surface area (Å²) >= 11 is 0. The molecule has 0 aliphatic carbocycles. The van der Waals surface area contributed by atoms with Gasteiger partial charge in [-0.25, -0.2) is 4.79 Å². The number of rotatable bonds is 8. The summed E-state index contributed by atoms with van der Waals surface area (Å²) in [5.74, 6) is -2.99. The monoisotopic (exact) mass is 279 g/mol. The molecule has 0 saturated heterocycles. The molecule has 0 aliphatic heterocycles. The number of amides is 1. The number of carbonyl (C=O) groups is 3. The van der Waals surface area contributed by atoms with Crippen molar-refractivity contribution in [3.63, 3.8) is 0 Å². The maximum Gasteiger partial charge on any atom is 1.00 e. The van der Waals surface area contributed by atoms with E-state index in [4.69, 9.17) is 10.2 Å². The molecule has 3 N–H and O–H groups in total. The van der Waals surface area contributed by atoms with Crippen LogP contribution in [0.4, 0.5) is 0 Å². The molecule has 1 unspecified atom stereocenters. The van der Waals surface area contributed by atoms with E-state index in [1.807, 2.05) is 6.92 Å². The van der Waals surface area contributed by atoms with Crippen LogP contribution in [0.3, 0.4) is 0 Å². The fourth-order valence-electron chi connectivity index (χ4n) is 1.18. The Bertz CT molecular complexity index is 282. The number of unbranched alkanes of at least 4 members (excludes halogenated alkanes) is 2. The van der Waals surface area contributed by atoms with Crippen molar-refractivity contribution < 1.29 is 86.6 Å². The third kappa shape index (κ3) is 12.9. The normalized spacial score (nSPS) is 10.5. The zero-order chi connectivity index (χ0) is 12.6. The predicted octanol–water partition coefficient (Wildman–Crippen LogP) is -5.16. The third-order valence-electron chi connectivity index (χ3n) is 2.02. The SMILES string of the molecule is CCCCCC(=O)NC(CC(=O)O)C(=O)O.[H-].[H-].[Na+].[Na+]. The van der Waals surface area contributed by atoms with E-state index in [0.29, 0.717) is 6.42 Å². The van der Waals surface area contributed by atoms with Gasteiger partial charge in [0, 0.05) is 6.42 Å². The Morgan fingerprint density at radius 2 is 1.72 bits per heavy atom. The molecule has 96 valence electrons. The summed E-state index contributed by atoms with van der Waals surface area (Å²) in [7, 11) is 0. The topological polar surface area (TPSA) is 104 Å². The second-order valence-electron chi connectivity index (χ2n) is 3.51. The first-order chi connectivity index (χ1) is 7.47. The molecule has 0 aromatic carbocycles. The van der Waals surface area contributed by atoms with Crippen LogP contribution in [-0.4, -0.2) is 34.1 Å². The van der Waals surface area contributed by atoms with Crippen molar-refractivity contribution in [1.82, 2.24) is 5.32 Å². The average molecular weight is 279 g/mol. The van der Waals surface area contributed by atoms with Gasteiger partial charge in [-0.3, -0.25) is 9.59 Å². The van der Waals surface area contributed by atoms with Crippen LogP contribution in [0.15, 0.2) is 0 Å². The first-order valence-corrected chi connectivity index (χ1v) is 5.21. The van der Waals surface area contributed by atoms with Crippen LogP contribution in [0, 0.1) is 0 Å². The van der Waals surface area contributed by atoms with Gasteiger partial charge in [0.1, 0.15) is 6.04 Å². The smallest absolute Gasteiger partial charge is 1.00 e. The zero-order valence-corrected chi connectivity index (χ0v) is 15.2. The molecule has 0 aromatic rings. The van der Waals surface area contributed by atoms with Gasteiger partial charge in [-0.1, -0.05) is 19.8 Å². The number of nitrogens with one attached hydrogen (secondary N) is 1. The van der Waals surface area contributed by atoms with Crippen molar-refractivity contribution in [3.8, 4) is 0 Å². The molecular weight excluding hydrogens is 260 g/mol. The molecule has 0 spiro atoms. The van der Waals surface area contributed by atoms with E-state index in [1.165, 1.54) is 0 Å². The second kappa shape index (κ2) is 13.8. The van der Waals surface area contributed by atoms with Gasteiger partial charge in [-0.15, -0.1) is 0 Å². The predicted molar refractivity (Wildman–Crippen MR) is 58.2 cm³/mol. The molecule has 1 atom stereocenters. The van der Waals surface area contributed by atoms with Crippen LogP contribution < -0.4 is 64.4 Å². The summed E-state index contributed by atoms with van der Waals surface area (Å²) in [6.45, 7) is 1.99. The molecule has 0 fully saturated rings. The molecule has 1 amide bonds. The van der Waals surface area contributed by atoms with E-state index in [2.05, 4.69) is 5.32 Å². The van der Waals surface area contributed by atoms with Gasteiger partial charge >= 0.3 is 71.1 Å². The van der Waals surface area contributed by atoms with Gasteiger partial charge < -0.3 is 18.4 Å². The third-order valence-corrected chi connectivity index (χ3v) is 2.02. The summed E-state index contributed by atoms with van der Waals surface area (Å²) < 4.78 is 0. The van der Waals surface area contributed by atoms with Crippen LogP contribution >= 0.6 is 0 Å². The number of aliphatic carboxylic acids is 2. The van der Waals surface area contributed by atoms with Gasteiger partial charge in [0.25, 0.3) is 0 Å². The molecular formula is C10H19NNa2O5. The van der Waals surface area contributed by atoms with Crippen LogP contribution in [0.2, 0.25) is 0 Å². The van der Waals surface area contributed by atoms with Gasteiger partial charge in [0.05, 0.1) is 6.42 Å². The first-order valence-electron chi connectivity index (χ1n) is 5.21. The molecule has 0 bridgehead atoms. The Labute approximate surface area is 153 Å². The molecule has 0 aromatic heterocycles. The van der Waals surface area contributed by atoms with Crippen LogP contribution in [0.1, 0.15) is 41.9 Å². The minimum atomic E-state index is -1.34. The molecule has 18 heavy (non-hydrogen) atoms. The second-order valence-corrected chi connectivity index (χ2v) is 3.51. The van der Waals surface area contributed by atoms with E-state index in [0.717, 1.165) is 12.8 Å². The molecule has 0 saturated carbocycles. The summed E-state index contributed by atoms with van der Waals surface area (Å²) in [5, 5.41) is 19.3. The number of hydrogen-bond donors (Lipinski definition) is 3. The van der Waals surface area contributed by atoms with Gasteiger partial charge in [-0.05, 0) is 6.42 Å². The Balaban J connectivity index is -0.000000187. The van der Waals surface area contributed by atoms with Crippen molar-refractivity contribution in [1.29, 1.82) is 0 Å². The Morgan fingerprint density at radius 3 is 2.11 bits per heavy atom. The Hall–Kier alpha value is 0.410. The van der Waals surface area contributed by atoms with Crippen molar-refractivity contribution in [2.24, 2.45) is 0 Å². The van der Waals surface area contributed by atoms with E-state index < -0.39 is 30.3 Å². The molecule has 6 nitrogen and oxygen atoms in total. The van der Waals surface area contributed by atoms with Crippen LogP contribution in [0.5, 0.6) is 0 Å². The largest absolute Gasteiger partial charge is 1.00 e. The molecule has 0 radical (unpaired) electrons. The van der Waals surface area contributed by atoms with Gasteiger partial charge in [0.15, 0.2) is 0 Å². The standard InChI is InChI=1S/C10H17NO5.2Na.2H/c1-2-3-4-5-8(12)11-7(10(15)16)6-9(13)14;;;;/h7H,2-6H2,1H3,(H,11,12)(H,13,14)(H,15,16);;;;/q;2*+1;2*-1. The van der Waals surface area contributed by atoms with Gasteiger partial charge in [-0.2, -0.15) is 0 Å². The van der Waals surface area contributed by atoms with Crippen LogP contribution in [0.25, 0.3) is 0 Å². The summed E-state index contributed by atoms with van der Waals surface area (Å²) in [4.78, 5) is 32.2. The van der Waals surface area contributed by atoms with E-state index >= 15 is 0 Å². The fourth-order valence-corrected chi connectivity index (χ4v) is 1.18. The number of carboxylic acids is 2. The van der Waals surface area contributed by atoms with Crippen molar-refractivity contribution in [2.75, 3.05) is 0 Å². The summed E-state index contributed by atoms with van der Waals surface area (Å²) in [5.41, 5.74) is 0. The maximum absolute atomic E-state index is 11.2. The molecule has 8 heteroatoms. The molecule has 0 rings (SSSR count). The number of carboxylic acid groups (broad SMARTS) is 2. The van der Waals surface area contributed by atoms with Crippen molar-refractivity contribution in [3.05, 3.63) is 0 Å². The summed E-state index contributed by atoms with van der Waals surface area (Å²) in [6.07, 6.45) is 2.17. The maximum atomic E-state index is 11.2. The fraction of sp³-hybridized carbons (Fsp3) is 0.700. The van der Waals surface area contributed by atoms with Crippen molar-refractivity contribution >= 4 is 17.8 Å². The number of hydrogen-bond acceptors (Lipinski definition) is 3. The van der Waals surface area contributed by atoms with Crippen LogP contribution in [-0.2, 0) is 14.4 Å². The van der Waals surface area contributed by atoms with Gasteiger partial charge in [0.2, 0.25) is 5.91 Å². The Morgan fingerprint density at radius 1 is 1.17 bits per heavy atom. The molecule has 0 heterocycles. The van der Waals surface area contributed by atoms with Crippen molar-refractivity contribution in [2.45, 2.75) is 45.1 Å². The van der Waals surface area contributed by atoms with E-state index in [1.54, 1.807) is 0 Å².